The van der Waals surface area contributed by atoms with Crippen LogP contribution in [0.2, 0.25) is 0 Å². The number of ether oxygens (including phenoxy) is 1. The van der Waals surface area contributed by atoms with Crippen molar-refractivity contribution in [3.8, 4) is 17.1 Å². The molecule has 0 aliphatic carbocycles. The molecule has 4 heterocycles. The Morgan fingerprint density at radius 2 is 1.88 bits per heavy atom. The third-order valence-electron chi connectivity index (χ3n) is 5.83. The molecule has 0 saturated carbocycles. The number of benzene rings is 1. The molecule has 0 atom stereocenters. The molecule has 5 rings (SSSR count). The van der Waals surface area contributed by atoms with Crippen LogP contribution in [0.25, 0.3) is 28.2 Å². The molecule has 0 amide bonds. The van der Waals surface area contributed by atoms with Crippen molar-refractivity contribution in [3.05, 3.63) is 51.4 Å². The van der Waals surface area contributed by atoms with Gasteiger partial charge in [0.1, 0.15) is 17.2 Å². The quantitative estimate of drug-likeness (QED) is 0.408. The SMILES string of the molecule is CCOc1ccc(S(=O)(=O)N2CCN(C)CC2)cc1-c1nc2c(nc3ccc(Br)cn32)c(=O)[nH]1. The van der Waals surface area contributed by atoms with Crippen molar-refractivity contribution >= 4 is 42.8 Å². The number of piperazine rings is 1. The highest BCUT2D eigenvalue weighted by molar-refractivity contribution is 9.10. The second-order valence-corrected chi connectivity index (χ2v) is 10.9. The van der Waals surface area contributed by atoms with Crippen LogP contribution < -0.4 is 10.3 Å². The number of H-pyrrole nitrogens is 1. The van der Waals surface area contributed by atoms with Gasteiger partial charge in [-0.3, -0.25) is 9.20 Å². The first kappa shape index (κ1) is 23.0. The van der Waals surface area contributed by atoms with Crippen LogP contribution >= 0.6 is 15.9 Å². The molecule has 1 fully saturated rings. The molecule has 1 aliphatic rings. The lowest BCUT2D eigenvalue weighted by atomic mass is 10.2. The molecule has 0 radical (unpaired) electrons. The predicted molar refractivity (Wildman–Crippen MR) is 132 cm³/mol. The van der Waals surface area contributed by atoms with Crippen LogP contribution in [0.15, 0.2) is 50.7 Å². The molecule has 3 aromatic heterocycles. The molecule has 1 aromatic carbocycles. The van der Waals surface area contributed by atoms with E-state index < -0.39 is 15.6 Å². The number of halogens is 1. The Morgan fingerprint density at radius 1 is 1.12 bits per heavy atom. The van der Waals surface area contributed by atoms with Crippen molar-refractivity contribution < 1.29 is 13.2 Å². The first-order valence-corrected chi connectivity index (χ1v) is 13.0. The minimum Gasteiger partial charge on any atom is -0.493 e. The first-order valence-electron chi connectivity index (χ1n) is 10.8. The molecular formula is C22H23BrN6O4S. The molecule has 1 aliphatic heterocycles. The number of pyridine rings is 1. The molecule has 12 heteroatoms. The molecule has 10 nitrogen and oxygen atoms in total. The second-order valence-electron chi connectivity index (χ2n) is 8.07. The summed E-state index contributed by atoms with van der Waals surface area (Å²) in [6.45, 7) is 4.36. The summed E-state index contributed by atoms with van der Waals surface area (Å²) < 4.78 is 36.5. The van der Waals surface area contributed by atoms with Gasteiger partial charge < -0.3 is 14.6 Å². The highest BCUT2D eigenvalue weighted by Crippen LogP contribution is 2.32. The summed E-state index contributed by atoms with van der Waals surface area (Å²) >= 11 is 3.43. The number of rotatable bonds is 5. The summed E-state index contributed by atoms with van der Waals surface area (Å²) in [5, 5.41) is 0. The summed E-state index contributed by atoms with van der Waals surface area (Å²) in [6, 6.07) is 8.26. The number of imidazole rings is 1. The van der Waals surface area contributed by atoms with Crippen LogP contribution in [0.4, 0.5) is 0 Å². The lowest BCUT2D eigenvalue weighted by Crippen LogP contribution is -2.47. The van der Waals surface area contributed by atoms with E-state index in [1.165, 1.54) is 16.4 Å². The highest BCUT2D eigenvalue weighted by atomic mass is 79.9. The minimum atomic E-state index is -3.72. The molecule has 1 saturated heterocycles. The van der Waals surface area contributed by atoms with Crippen molar-refractivity contribution in [3.63, 3.8) is 0 Å². The number of fused-ring (bicyclic) bond motifs is 3. The third-order valence-corrected chi connectivity index (χ3v) is 8.19. The van der Waals surface area contributed by atoms with Gasteiger partial charge in [-0.1, -0.05) is 0 Å². The smallest absolute Gasteiger partial charge is 0.279 e. The van der Waals surface area contributed by atoms with Crippen LogP contribution in [-0.2, 0) is 10.0 Å². The fourth-order valence-electron chi connectivity index (χ4n) is 4.01. The van der Waals surface area contributed by atoms with Crippen molar-refractivity contribution in [2.24, 2.45) is 0 Å². The average Bonchev–Trinajstić information content (AvgIpc) is 3.18. The maximum atomic E-state index is 13.4. The van der Waals surface area contributed by atoms with Gasteiger partial charge in [0.25, 0.3) is 5.56 Å². The van der Waals surface area contributed by atoms with Gasteiger partial charge in [-0.15, -0.1) is 0 Å². The van der Waals surface area contributed by atoms with Crippen LogP contribution in [0.5, 0.6) is 5.75 Å². The fourth-order valence-corrected chi connectivity index (χ4v) is 5.79. The Labute approximate surface area is 204 Å². The van der Waals surface area contributed by atoms with E-state index in [9.17, 15) is 13.2 Å². The molecule has 178 valence electrons. The number of nitrogens with zero attached hydrogens (tertiary/aromatic N) is 5. The van der Waals surface area contributed by atoms with E-state index in [0.717, 1.165) is 4.47 Å². The highest BCUT2D eigenvalue weighted by Gasteiger charge is 2.28. The van der Waals surface area contributed by atoms with E-state index >= 15 is 0 Å². The van der Waals surface area contributed by atoms with Gasteiger partial charge in [0, 0.05) is 36.8 Å². The monoisotopic (exact) mass is 546 g/mol. The van der Waals surface area contributed by atoms with Gasteiger partial charge in [0.05, 0.1) is 17.1 Å². The largest absolute Gasteiger partial charge is 0.493 e. The van der Waals surface area contributed by atoms with Crippen molar-refractivity contribution in [1.82, 2.24) is 28.6 Å². The second kappa shape index (κ2) is 8.77. The molecule has 0 unspecified atom stereocenters. The number of sulfonamides is 1. The van der Waals surface area contributed by atoms with Crippen molar-refractivity contribution in [1.29, 1.82) is 0 Å². The van der Waals surface area contributed by atoms with Crippen molar-refractivity contribution in [2.45, 2.75) is 11.8 Å². The van der Waals surface area contributed by atoms with Gasteiger partial charge in [0.15, 0.2) is 11.2 Å². The van der Waals surface area contributed by atoms with E-state index in [-0.39, 0.29) is 16.2 Å². The van der Waals surface area contributed by atoms with Gasteiger partial charge in [0.2, 0.25) is 10.0 Å². The third kappa shape index (κ3) is 4.00. The van der Waals surface area contributed by atoms with Gasteiger partial charge >= 0.3 is 0 Å². The summed E-state index contributed by atoms with van der Waals surface area (Å²) in [5.74, 6) is 0.635. The molecule has 0 bridgehead atoms. The standard InChI is InChI=1S/C22H23BrN6O4S/c1-3-33-17-6-5-15(34(31,32)28-10-8-27(2)9-11-28)12-16(17)20-25-21-19(22(30)26-20)24-18-7-4-14(23)13-29(18)21/h4-7,12-13H,3,8-11H2,1-2H3,(H,25,26,30). The number of nitrogens with one attached hydrogen (secondary N) is 1. The normalized spacial score (nSPS) is 15.9. The Balaban J connectivity index is 1.67. The summed E-state index contributed by atoms with van der Waals surface area (Å²) in [4.78, 5) is 26.9. The number of aromatic nitrogens is 4. The van der Waals surface area contributed by atoms with Crippen LogP contribution in [0.1, 0.15) is 6.92 Å². The lowest BCUT2D eigenvalue weighted by molar-refractivity contribution is 0.222. The molecule has 34 heavy (non-hydrogen) atoms. The summed E-state index contributed by atoms with van der Waals surface area (Å²) in [7, 11) is -1.75. The molecule has 0 spiro atoms. The van der Waals surface area contributed by atoms with E-state index in [1.54, 1.807) is 22.7 Å². The molecular weight excluding hydrogens is 524 g/mol. The van der Waals surface area contributed by atoms with E-state index in [1.807, 2.05) is 20.0 Å². The number of aromatic amines is 1. The zero-order valence-electron chi connectivity index (χ0n) is 18.7. The maximum Gasteiger partial charge on any atom is 0.279 e. The maximum absolute atomic E-state index is 13.4. The molecule has 1 N–H and O–H groups in total. The number of hydrogen-bond donors (Lipinski definition) is 1. The first-order chi connectivity index (χ1) is 16.3. The van der Waals surface area contributed by atoms with Crippen molar-refractivity contribution in [2.75, 3.05) is 39.8 Å². The van der Waals surface area contributed by atoms with Gasteiger partial charge in [-0.2, -0.15) is 4.31 Å². The minimum absolute atomic E-state index is 0.124. The number of likely N-dealkylation sites (N-methyl/N-ethyl adjacent to an activating group) is 1. The van der Waals surface area contributed by atoms with Crippen LogP contribution in [0.3, 0.4) is 0 Å². The lowest BCUT2D eigenvalue weighted by Gasteiger charge is -2.31. The molecule has 4 aromatic rings. The van der Waals surface area contributed by atoms with Gasteiger partial charge in [-0.25, -0.2) is 18.4 Å². The van der Waals surface area contributed by atoms with Gasteiger partial charge in [-0.05, 0) is 60.2 Å². The Hall–Kier alpha value is -2.80. The Kier molecular flexibility index (Phi) is 5.92. The fraction of sp³-hybridized carbons (Fsp3) is 0.318. The Bertz CT molecular complexity index is 1560. The summed E-state index contributed by atoms with van der Waals surface area (Å²) in [6.07, 6.45) is 1.78. The van der Waals surface area contributed by atoms with E-state index in [4.69, 9.17) is 4.74 Å². The average molecular weight is 547 g/mol. The predicted octanol–water partition coefficient (Wildman–Crippen LogP) is 2.34. The number of hydrogen-bond acceptors (Lipinski definition) is 7. The summed E-state index contributed by atoms with van der Waals surface area (Å²) in [5.41, 5.74) is 1.10. The Morgan fingerprint density at radius 3 is 2.62 bits per heavy atom. The van der Waals surface area contributed by atoms with E-state index in [0.29, 0.717) is 55.4 Å². The topological polar surface area (TPSA) is 113 Å². The zero-order valence-corrected chi connectivity index (χ0v) is 21.1. The van der Waals surface area contributed by atoms with E-state index in [2.05, 4.69) is 35.8 Å². The zero-order chi connectivity index (χ0) is 24.0. The van der Waals surface area contributed by atoms with Crippen LogP contribution in [0, 0.1) is 0 Å². The van der Waals surface area contributed by atoms with Crippen LogP contribution in [-0.4, -0.2) is 76.8 Å².